The second kappa shape index (κ2) is 11.0. The molecule has 7 nitrogen and oxygen atoms in total. The lowest BCUT2D eigenvalue weighted by atomic mass is 9.79. The van der Waals surface area contributed by atoms with E-state index in [0.717, 1.165) is 57.4 Å². The number of aromatic nitrogens is 1. The van der Waals surface area contributed by atoms with Gasteiger partial charge in [0.25, 0.3) is 5.91 Å². The van der Waals surface area contributed by atoms with E-state index in [1.807, 2.05) is 19.1 Å². The molecule has 1 atom stereocenters. The summed E-state index contributed by atoms with van der Waals surface area (Å²) in [5.41, 5.74) is 3.04. The number of rotatable bonds is 7. The van der Waals surface area contributed by atoms with Gasteiger partial charge in [-0.3, -0.25) is 9.59 Å². The number of anilines is 1. The maximum atomic E-state index is 13.4. The number of hydrogen-bond acceptors (Lipinski definition) is 5. The summed E-state index contributed by atoms with van der Waals surface area (Å²) in [7, 11) is 0. The molecular formula is C26H35N3O4. The fourth-order valence-corrected chi connectivity index (χ4v) is 5.02. The summed E-state index contributed by atoms with van der Waals surface area (Å²) in [6.07, 6.45) is 8.00. The molecule has 33 heavy (non-hydrogen) atoms. The highest BCUT2D eigenvalue weighted by atomic mass is 16.5. The van der Waals surface area contributed by atoms with E-state index >= 15 is 0 Å². The van der Waals surface area contributed by atoms with Crippen molar-refractivity contribution in [1.82, 2.24) is 10.5 Å². The molecule has 2 aromatic rings. The molecule has 4 rings (SSSR count). The maximum Gasteiger partial charge on any atom is 0.257 e. The lowest BCUT2D eigenvalue weighted by Crippen LogP contribution is -2.49. The second-order valence-corrected chi connectivity index (χ2v) is 9.50. The Bertz CT molecular complexity index is 925. The molecule has 2 aliphatic rings. The Morgan fingerprint density at radius 3 is 2.42 bits per heavy atom. The van der Waals surface area contributed by atoms with Crippen LogP contribution in [0.15, 0.2) is 35.1 Å². The molecule has 0 radical (unpaired) electrons. The predicted molar refractivity (Wildman–Crippen MR) is 126 cm³/mol. The Morgan fingerprint density at radius 2 is 1.76 bits per heavy atom. The average molecular weight is 454 g/mol. The molecule has 1 aliphatic heterocycles. The van der Waals surface area contributed by atoms with Gasteiger partial charge in [-0.2, -0.15) is 0 Å². The van der Waals surface area contributed by atoms with Crippen LogP contribution in [0.25, 0.3) is 0 Å². The van der Waals surface area contributed by atoms with Crippen molar-refractivity contribution < 1.29 is 18.8 Å². The summed E-state index contributed by atoms with van der Waals surface area (Å²) in [5.74, 6) is 0.800. The summed E-state index contributed by atoms with van der Waals surface area (Å²) in [4.78, 5) is 26.3. The number of carbonyl (C=O) groups excluding carboxylic acids is 2. The van der Waals surface area contributed by atoms with Crippen LogP contribution in [0.3, 0.4) is 0 Å². The lowest BCUT2D eigenvalue weighted by molar-refractivity contribution is -0.119. The van der Waals surface area contributed by atoms with Crippen molar-refractivity contribution in [3.05, 3.63) is 47.3 Å². The zero-order valence-electron chi connectivity index (χ0n) is 19.6. The van der Waals surface area contributed by atoms with Crippen molar-refractivity contribution in [3.63, 3.8) is 0 Å². The van der Waals surface area contributed by atoms with E-state index < -0.39 is 6.04 Å². The van der Waals surface area contributed by atoms with Gasteiger partial charge in [-0.25, -0.2) is 0 Å². The molecule has 1 aromatic heterocycles. The van der Waals surface area contributed by atoms with E-state index in [1.165, 1.54) is 11.8 Å². The summed E-state index contributed by atoms with van der Waals surface area (Å²) in [6, 6.07) is 7.50. The Hall–Kier alpha value is -2.67. The van der Waals surface area contributed by atoms with E-state index in [9.17, 15) is 9.59 Å². The van der Waals surface area contributed by atoms with Gasteiger partial charge in [-0.05, 0) is 67.6 Å². The van der Waals surface area contributed by atoms with E-state index in [1.54, 1.807) is 0 Å². The molecule has 0 bridgehead atoms. The minimum atomic E-state index is -0.597. The monoisotopic (exact) mass is 453 g/mol. The molecule has 178 valence electrons. The van der Waals surface area contributed by atoms with E-state index in [0.29, 0.717) is 29.5 Å². The SMILES string of the molecule is CCc1nocc1C(=O)N[C@H](C(=O)Nc1ccc(C2CCOCC2)cc1)C1CCC(C)CC1. The van der Waals surface area contributed by atoms with Crippen LogP contribution in [0.4, 0.5) is 5.69 Å². The smallest absolute Gasteiger partial charge is 0.257 e. The minimum absolute atomic E-state index is 0.108. The van der Waals surface area contributed by atoms with Crippen molar-refractivity contribution in [1.29, 1.82) is 0 Å². The summed E-state index contributed by atoms with van der Waals surface area (Å²) < 4.78 is 10.5. The molecular weight excluding hydrogens is 418 g/mol. The van der Waals surface area contributed by atoms with Crippen molar-refractivity contribution in [2.75, 3.05) is 18.5 Å². The molecule has 2 N–H and O–H groups in total. The molecule has 1 saturated heterocycles. The lowest BCUT2D eigenvalue weighted by Gasteiger charge is -2.32. The van der Waals surface area contributed by atoms with Crippen LogP contribution >= 0.6 is 0 Å². The predicted octanol–water partition coefficient (Wildman–Crippen LogP) is 4.69. The fourth-order valence-electron chi connectivity index (χ4n) is 5.02. The highest BCUT2D eigenvalue weighted by Crippen LogP contribution is 2.32. The molecule has 7 heteroatoms. The number of carbonyl (C=O) groups is 2. The van der Waals surface area contributed by atoms with Crippen LogP contribution in [0.2, 0.25) is 0 Å². The summed E-state index contributed by atoms with van der Waals surface area (Å²) >= 11 is 0. The van der Waals surface area contributed by atoms with Gasteiger partial charge in [-0.15, -0.1) is 0 Å². The van der Waals surface area contributed by atoms with Gasteiger partial charge in [0.2, 0.25) is 5.91 Å². The first-order valence-corrected chi connectivity index (χ1v) is 12.3. The quantitative estimate of drug-likeness (QED) is 0.634. The number of amides is 2. The van der Waals surface area contributed by atoms with Gasteiger partial charge in [0.1, 0.15) is 17.9 Å². The van der Waals surface area contributed by atoms with Gasteiger partial charge in [0, 0.05) is 18.9 Å². The Morgan fingerprint density at radius 1 is 1.06 bits per heavy atom. The molecule has 2 heterocycles. The van der Waals surface area contributed by atoms with Gasteiger partial charge < -0.3 is 19.9 Å². The molecule has 1 saturated carbocycles. The van der Waals surface area contributed by atoms with Crippen molar-refractivity contribution in [2.24, 2.45) is 11.8 Å². The van der Waals surface area contributed by atoms with Crippen LogP contribution in [-0.2, 0) is 16.0 Å². The normalized spacial score (nSPS) is 22.5. The van der Waals surface area contributed by atoms with Crippen LogP contribution in [-0.4, -0.2) is 36.2 Å². The Kier molecular flexibility index (Phi) is 7.81. The summed E-state index contributed by atoms with van der Waals surface area (Å²) in [5, 5.41) is 9.94. The van der Waals surface area contributed by atoms with E-state index in [2.05, 4.69) is 34.8 Å². The fraction of sp³-hybridized carbons (Fsp3) is 0.577. The first kappa shape index (κ1) is 23.5. The highest BCUT2D eigenvalue weighted by Gasteiger charge is 2.33. The molecule has 0 spiro atoms. The number of nitrogens with zero attached hydrogens (tertiary/aromatic N) is 1. The van der Waals surface area contributed by atoms with Crippen LogP contribution in [0, 0.1) is 11.8 Å². The van der Waals surface area contributed by atoms with Gasteiger partial charge in [0.15, 0.2) is 0 Å². The zero-order valence-corrected chi connectivity index (χ0v) is 19.6. The van der Waals surface area contributed by atoms with Crippen LogP contribution in [0.1, 0.15) is 79.9 Å². The third kappa shape index (κ3) is 5.82. The Balaban J connectivity index is 1.46. The maximum absolute atomic E-state index is 13.4. The second-order valence-electron chi connectivity index (χ2n) is 9.50. The number of benzene rings is 1. The first-order chi connectivity index (χ1) is 16.0. The number of nitrogens with one attached hydrogen (secondary N) is 2. The van der Waals surface area contributed by atoms with Gasteiger partial charge in [0.05, 0.1) is 5.69 Å². The summed E-state index contributed by atoms with van der Waals surface area (Å²) in [6.45, 7) is 5.77. The van der Waals surface area contributed by atoms with Crippen LogP contribution < -0.4 is 10.6 Å². The minimum Gasteiger partial charge on any atom is -0.381 e. The molecule has 1 aliphatic carbocycles. The van der Waals surface area contributed by atoms with E-state index in [4.69, 9.17) is 9.26 Å². The number of hydrogen-bond donors (Lipinski definition) is 2. The largest absolute Gasteiger partial charge is 0.381 e. The number of ether oxygens (including phenoxy) is 1. The highest BCUT2D eigenvalue weighted by molar-refractivity contribution is 6.01. The molecule has 2 amide bonds. The molecule has 2 fully saturated rings. The van der Waals surface area contributed by atoms with Gasteiger partial charge >= 0.3 is 0 Å². The zero-order chi connectivity index (χ0) is 23.2. The van der Waals surface area contributed by atoms with Crippen molar-refractivity contribution in [3.8, 4) is 0 Å². The molecule has 0 unspecified atom stereocenters. The third-order valence-electron chi connectivity index (χ3n) is 7.20. The average Bonchev–Trinajstić information content (AvgIpc) is 3.33. The molecule has 1 aromatic carbocycles. The van der Waals surface area contributed by atoms with Crippen LogP contribution in [0.5, 0.6) is 0 Å². The number of aryl methyl sites for hydroxylation is 1. The Labute approximate surface area is 195 Å². The standard InChI is InChI=1S/C26H35N3O4/c1-3-23-22(16-33-29-23)25(30)28-24(20-6-4-17(2)5-7-20)26(31)27-21-10-8-18(9-11-21)19-12-14-32-15-13-19/h8-11,16-17,19-20,24H,3-7,12-15H2,1-2H3,(H,27,31)(H,28,30)/t17?,20?,24-/m0/s1. The third-order valence-corrected chi connectivity index (χ3v) is 7.20. The topological polar surface area (TPSA) is 93.5 Å². The van der Waals surface area contributed by atoms with E-state index in [-0.39, 0.29) is 17.7 Å². The van der Waals surface area contributed by atoms with Gasteiger partial charge in [-0.1, -0.05) is 44.0 Å². The first-order valence-electron chi connectivity index (χ1n) is 12.3. The van der Waals surface area contributed by atoms with Crippen molar-refractivity contribution in [2.45, 2.75) is 70.8 Å². The van der Waals surface area contributed by atoms with Crippen molar-refractivity contribution >= 4 is 17.5 Å².